The molecule has 0 amide bonds. The van der Waals surface area contributed by atoms with Crippen LogP contribution in [0.5, 0.6) is 0 Å². The molecule has 2 aromatic rings. The van der Waals surface area contributed by atoms with E-state index in [4.69, 9.17) is 9.57 Å². The largest absolute Gasteiger partial charge is 0.406 e. The van der Waals surface area contributed by atoms with Crippen LogP contribution in [-0.4, -0.2) is 29.6 Å². The quantitative estimate of drug-likeness (QED) is 0.567. The van der Waals surface area contributed by atoms with E-state index in [-0.39, 0.29) is 12.2 Å². The predicted molar refractivity (Wildman–Crippen MR) is 89.3 cm³/mol. The molecular formula is C16H20N2O4S. The maximum Gasteiger partial charge on any atom is 0.364 e. The van der Waals surface area contributed by atoms with Gasteiger partial charge in [0.15, 0.2) is 0 Å². The van der Waals surface area contributed by atoms with Gasteiger partial charge in [-0.25, -0.2) is 4.79 Å². The van der Waals surface area contributed by atoms with Gasteiger partial charge >= 0.3 is 5.69 Å². The van der Waals surface area contributed by atoms with Crippen LogP contribution in [-0.2, 0) is 11.3 Å². The summed E-state index contributed by atoms with van der Waals surface area (Å²) in [5.41, 5.74) is -0.280. The van der Waals surface area contributed by atoms with Crippen molar-refractivity contribution in [3.63, 3.8) is 0 Å². The van der Waals surface area contributed by atoms with Crippen molar-refractivity contribution in [3.05, 3.63) is 56.7 Å². The van der Waals surface area contributed by atoms with Crippen molar-refractivity contribution < 1.29 is 9.57 Å². The number of hydrogen-bond acceptors (Lipinski definition) is 5. The average Bonchev–Trinajstić information content (AvgIpc) is 2.57. The molecule has 0 saturated heterocycles. The molecule has 0 N–H and O–H groups in total. The average molecular weight is 336 g/mol. The van der Waals surface area contributed by atoms with E-state index < -0.39 is 5.69 Å². The molecule has 1 aromatic carbocycles. The third-order valence-corrected chi connectivity index (χ3v) is 4.43. The number of rotatable bonds is 7. The molecule has 7 heteroatoms. The highest BCUT2D eigenvalue weighted by Gasteiger charge is 2.17. The SMILES string of the molecule is CCn1c(=O)c(C)c(Sc2ccccc2)n(OCCOC)c1=O. The van der Waals surface area contributed by atoms with Crippen LogP contribution in [0, 0.1) is 6.92 Å². The molecule has 1 aromatic heterocycles. The standard InChI is InChI=1S/C16H20N2O4S/c1-4-17-14(19)12(2)15(23-13-8-6-5-7-9-13)18(16(17)20)22-11-10-21-3/h5-9H,4,10-11H2,1-3H3. The van der Waals surface area contributed by atoms with Gasteiger partial charge in [-0.3, -0.25) is 9.36 Å². The minimum absolute atomic E-state index is 0.222. The number of ether oxygens (including phenoxy) is 1. The fourth-order valence-electron chi connectivity index (χ4n) is 2.05. The fraction of sp³-hybridized carbons (Fsp3) is 0.375. The summed E-state index contributed by atoms with van der Waals surface area (Å²) in [6, 6.07) is 9.55. The van der Waals surface area contributed by atoms with Crippen LogP contribution in [0.15, 0.2) is 49.8 Å². The molecule has 0 radical (unpaired) electrons. The van der Waals surface area contributed by atoms with E-state index in [1.165, 1.54) is 16.5 Å². The first-order chi connectivity index (χ1) is 11.1. The molecule has 6 nitrogen and oxygen atoms in total. The van der Waals surface area contributed by atoms with E-state index in [0.29, 0.717) is 23.7 Å². The first kappa shape index (κ1) is 17.4. The molecule has 23 heavy (non-hydrogen) atoms. The number of aromatic nitrogens is 2. The lowest BCUT2D eigenvalue weighted by atomic mass is 10.4. The Labute approximate surface area is 138 Å². The van der Waals surface area contributed by atoms with Gasteiger partial charge < -0.3 is 9.57 Å². The smallest absolute Gasteiger partial charge is 0.364 e. The van der Waals surface area contributed by atoms with Gasteiger partial charge in [0.05, 0.1) is 6.61 Å². The molecule has 0 aliphatic heterocycles. The van der Waals surface area contributed by atoms with Gasteiger partial charge in [-0.05, 0) is 26.0 Å². The minimum atomic E-state index is -0.474. The lowest BCUT2D eigenvalue weighted by Crippen LogP contribution is -2.44. The van der Waals surface area contributed by atoms with Gasteiger partial charge in [0.25, 0.3) is 5.56 Å². The summed E-state index contributed by atoms with van der Waals surface area (Å²) >= 11 is 1.33. The molecule has 0 atom stereocenters. The van der Waals surface area contributed by atoms with E-state index in [9.17, 15) is 9.59 Å². The third-order valence-electron chi connectivity index (χ3n) is 3.26. The second kappa shape index (κ2) is 8.03. The Hall–Kier alpha value is -1.99. The molecule has 0 bridgehead atoms. The first-order valence-electron chi connectivity index (χ1n) is 7.31. The summed E-state index contributed by atoms with van der Waals surface area (Å²) in [6.45, 7) is 4.33. The number of methoxy groups -OCH3 is 1. The van der Waals surface area contributed by atoms with Crippen molar-refractivity contribution in [2.45, 2.75) is 30.3 Å². The van der Waals surface area contributed by atoms with Gasteiger partial charge in [-0.1, -0.05) is 30.0 Å². The van der Waals surface area contributed by atoms with E-state index in [1.54, 1.807) is 21.0 Å². The predicted octanol–water partition coefficient (Wildman–Crippen LogP) is 1.56. The van der Waals surface area contributed by atoms with Crippen molar-refractivity contribution in [2.24, 2.45) is 0 Å². The highest BCUT2D eigenvalue weighted by Crippen LogP contribution is 2.27. The van der Waals surface area contributed by atoms with Gasteiger partial charge in [-0.15, -0.1) is 4.73 Å². The molecule has 0 saturated carbocycles. The van der Waals surface area contributed by atoms with Gasteiger partial charge in [0.2, 0.25) is 0 Å². The Kier molecular flexibility index (Phi) is 6.06. The van der Waals surface area contributed by atoms with Crippen molar-refractivity contribution in [2.75, 3.05) is 20.3 Å². The lowest BCUT2D eigenvalue weighted by Gasteiger charge is -2.17. The van der Waals surface area contributed by atoms with Crippen LogP contribution in [0.3, 0.4) is 0 Å². The van der Waals surface area contributed by atoms with Crippen molar-refractivity contribution in [3.8, 4) is 0 Å². The summed E-state index contributed by atoms with van der Waals surface area (Å²) in [4.78, 5) is 31.4. The molecule has 124 valence electrons. The summed E-state index contributed by atoms with van der Waals surface area (Å²) in [7, 11) is 1.56. The Morgan fingerprint density at radius 2 is 1.83 bits per heavy atom. The fourth-order valence-corrected chi connectivity index (χ4v) is 3.02. The normalized spacial score (nSPS) is 10.7. The molecule has 0 fully saturated rings. The van der Waals surface area contributed by atoms with Gasteiger partial charge in [0.1, 0.15) is 11.6 Å². The first-order valence-corrected chi connectivity index (χ1v) is 8.13. The van der Waals surface area contributed by atoms with E-state index in [1.807, 2.05) is 30.3 Å². The number of nitrogens with zero attached hydrogens (tertiary/aromatic N) is 2. The molecule has 0 spiro atoms. The van der Waals surface area contributed by atoms with Crippen LogP contribution in [0.4, 0.5) is 0 Å². The van der Waals surface area contributed by atoms with Gasteiger partial charge in [-0.2, -0.15) is 0 Å². The van der Waals surface area contributed by atoms with Crippen LogP contribution in [0.1, 0.15) is 12.5 Å². The highest BCUT2D eigenvalue weighted by molar-refractivity contribution is 7.99. The zero-order valence-corrected chi connectivity index (χ0v) is 14.3. The number of hydrogen-bond donors (Lipinski definition) is 0. The van der Waals surface area contributed by atoms with Crippen LogP contribution < -0.4 is 16.1 Å². The van der Waals surface area contributed by atoms with Crippen LogP contribution >= 0.6 is 11.8 Å². The van der Waals surface area contributed by atoms with Crippen LogP contribution in [0.2, 0.25) is 0 Å². The zero-order valence-electron chi connectivity index (χ0n) is 13.4. The van der Waals surface area contributed by atoms with E-state index in [2.05, 4.69) is 0 Å². The van der Waals surface area contributed by atoms with Crippen molar-refractivity contribution in [1.29, 1.82) is 0 Å². The summed E-state index contributed by atoms with van der Waals surface area (Å²) in [5.74, 6) is 0. The van der Waals surface area contributed by atoms with Crippen LogP contribution in [0.25, 0.3) is 0 Å². The molecule has 0 aliphatic rings. The lowest BCUT2D eigenvalue weighted by molar-refractivity contribution is 0.0351. The Balaban J connectivity index is 2.53. The Bertz CT molecular complexity index is 768. The number of benzene rings is 1. The third kappa shape index (κ3) is 3.86. The second-order valence-electron chi connectivity index (χ2n) is 4.80. The zero-order chi connectivity index (χ0) is 16.8. The Morgan fingerprint density at radius 1 is 1.13 bits per heavy atom. The maximum atomic E-state index is 12.5. The minimum Gasteiger partial charge on any atom is -0.406 e. The van der Waals surface area contributed by atoms with Gasteiger partial charge in [0, 0.05) is 24.1 Å². The highest BCUT2D eigenvalue weighted by atomic mass is 32.2. The molecule has 0 unspecified atom stereocenters. The topological polar surface area (TPSA) is 62.5 Å². The molecule has 2 rings (SSSR count). The molecule has 1 heterocycles. The summed E-state index contributed by atoms with van der Waals surface area (Å²) < 4.78 is 7.31. The molecule has 0 aliphatic carbocycles. The van der Waals surface area contributed by atoms with E-state index in [0.717, 1.165) is 9.46 Å². The monoisotopic (exact) mass is 336 g/mol. The van der Waals surface area contributed by atoms with Crippen molar-refractivity contribution in [1.82, 2.24) is 9.30 Å². The Morgan fingerprint density at radius 3 is 2.43 bits per heavy atom. The van der Waals surface area contributed by atoms with Crippen molar-refractivity contribution >= 4 is 11.8 Å². The summed E-state index contributed by atoms with van der Waals surface area (Å²) in [5, 5.41) is 0.493. The summed E-state index contributed by atoms with van der Waals surface area (Å²) in [6.07, 6.45) is 0. The van der Waals surface area contributed by atoms with E-state index >= 15 is 0 Å². The molecular weight excluding hydrogens is 316 g/mol. The maximum absolute atomic E-state index is 12.5. The second-order valence-corrected chi connectivity index (χ2v) is 5.86.